The number of carbonyl (C=O) groups is 2. The van der Waals surface area contributed by atoms with Crippen LogP contribution in [0.5, 0.6) is 5.88 Å². The molecule has 1 saturated carbocycles. The van der Waals surface area contributed by atoms with Crippen molar-refractivity contribution in [2.45, 2.75) is 18.6 Å². The van der Waals surface area contributed by atoms with Crippen LogP contribution in [0.25, 0.3) is 0 Å². The highest BCUT2D eigenvalue weighted by Crippen LogP contribution is 2.52. The van der Waals surface area contributed by atoms with Gasteiger partial charge in [-0.15, -0.1) is 0 Å². The number of hydrogen-bond donors (Lipinski definition) is 1. The Labute approximate surface area is 172 Å². The molecule has 1 aliphatic carbocycles. The number of fused-ring (bicyclic) bond motifs is 2. The molecule has 0 radical (unpaired) electrons. The first-order valence-corrected chi connectivity index (χ1v) is 10.3. The third-order valence-electron chi connectivity index (χ3n) is 6.42. The van der Waals surface area contributed by atoms with Gasteiger partial charge in [0.25, 0.3) is 0 Å². The fourth-order valence-corrected chi connectivity index (χ4v) is 5.02. The SMILES string of the molecule is O=C1CO[C@H]2CCN(C(=O)N3C[C@@H]4[C@@H](COc5ncc(F)cc5Cl)[C@@H]4C3)C[C@H]2N1. The number of piperidine rings is 2. The lowest BCUT2D eigenvalue weighted by molar-refractivity contribution is -0.139. The molecule has 1 N–H and O–H groups in total. The van der Waals surface area contributed by atoms with E-state index in [0.29, 0.717) is 50.5 Å². The Morgan fingerprint density at radius 2 is 2.14 bits per heavy atom. The number of aromatic nitrogens is 1. The monoisotopic (exact) mass is 424 g/mol. The summed E-state index contributed by atoms with van der Waals surface area (Å²) in [4.78, 5) is 32.0. The molecule has 0 aromatic carbocycles. The molecule has 3 amide bonds. The number of nitrogens with one attached hydrogen (secondary N) is 1. The van der Waals surface area contributed by atoms with Crippen molar-refractivity contribution in [1.82, 2.24) is 20.1 Å². The number of rotatable bonds is 3. The maximum Gasteiger partial charge on any atom is 0.320 e. The molecule has 5 rings (SSSR count). The standard InChI is InChI=1S/C19H22ClFN4O4/c20-14-3-10(21)4-22-18(14)29-8-13-11-5-25(6-12(11)13)19(27)24-2-1-16-15(7-24)23-17(26)9-28-16/h3-4,11-13,15-16H,1-2,5-9H2,(H,23,26)/t11-,12+,13+,15-,16+/m1/s1. The highest BCUT2D eigenvalue weighted by Gasteiger charge is 2.57. The van der Waals surface area contributed by atoms with Gasteiger partial charge in [0.2, 0.25) is 11.8 Å². The Kier molecular flexibility index (Phi) is 4.74. The van der Waals surface area contributed by atoms with Crippen molar-refractivity contribution in [3.63, 3.8) is 0 Å². The molecule has 156 valence electrons. The zero-order valence-corrected chi connectivity index (χ0v) is 16.5. The summed E-state index contributed by atoms with van der Waals surface area (Å²) in [6, 6.07) is 1.08. The van der Waals surface area contributed by atoms with Crippen LogP contribution >= 0.6 is 11.6 Å². The molecule has 3 aliphatic heterocycles. The van der Waals surface area contributed by atoms with Gasteiger partial charge in [0.15, 0.2) is 0 Å². The van der Waals surface area contributed by atoms with E-state index in [1.165, 1.54) is 6.07 Å². The fraction of sp³-hybridized carbons (Fsp3) is 0.632. The van der Waals surface area contributed by atoms with Gasteiger partial charge in [-0.25, -0.2) is 14.2 Å². The summed E-state index contributed by atoms with van der Waals surface area (Å²) >= 11 is 5.94. The van der Waals surface area contributed by atoms with Crippen LogP contribution in [-0.4, -0.2) is 78.3 Å². The highest BCUT2D eigenvalue weighted by atomic mass is 35.5. The summed E-state index contributed by atoms with van der Waals surface area (Å²) in [6.45, 7) is 3.11. The Balaban J connectivity index is 1.11. The van der Waals surface area contributed by atoms with E-state index in [1.54, 1.807) is 0 Å². The normalized spacial score (nSPS) is 33.0. The molecule has 1 aromatic heterocycles. The molecule has 0 bridgehead atoms. The van der Waals surface area contributed by atoms with Crippen LogP contribution < -0.4 is 10.1 Å². The van der Waals surface area contributed by atoms with Crippen LogP contribution in [-0.2, 0) is 9.53 Å². The van der Waals surface area contributed by atoms with Crippen LogP contribution in [0.1, 0.15) is 6.42 Å². The molecule has 3 saturated heterocycles. The summed E-state index contributed by atoms with van der Waals surface area (Å²) < 4.78 is 24.3. The Bertz CT molecular complexity index is 830. The lowest BCUT2D eigenvalue weighted by atomic mass is 10.0. The van der Waals surface area contributed by atoms with Crippen LogP contribution in [0.3, 0.4) is 0 Å². The topological polar surface area (TPSA) is 84.0 Å². The molecular formula is C19H22ClFN4O4. The van der Waals surface area contributed by atoms with E-state index in [0.717, 1.165) is 12.6 Å². The molecular weight excluding hydrogens is 403 g/mol. The van der Waals surface area contributed by atoms with E-state index in [9.17, 15) is 14.0 Å². The number of hydrogen-bond acceptors (Lipinski definition) is 5. The maximum absolute atomic E-state index is 13.1. The van der Waals surface area contributed by atoms with Crippen molar-refractivity contribution in [3.05, 3.63) is 23.1 Å². The average molecular weight is 425 g/mol. The minimum absolute atomic E-state index is 0.00263. The molecule has 29 heavy (non-hydrogen) atoms. The minimum atomic E-state index is -0.497. The van der Waals surface area contributed by atoms with E-state index in [1.807, 2.05) is 9.80 Å². The van der Waals surface area contributed by atoms with Crippen LogP contribution in [0.4, 0.5) is 9.18 Å². The fourth-order valence-electron chi connectivity index (χ4n) is 4.81. The number of nitrogens with zero attached hydrogens (tertiary/aromatic N) is 3. The van der Waals surface area contributed by atoms with Crippen molar-refractivity contribution in [1.29, 1.82) is 0 Å². The van der Waals surface area contributed by atoms with Gasteiger partial charge < -0.3 is 24.6 Å². The van der Waals surface area contributed by atoms with E-state index in [4.69, 9.17) is 21.1 Å². The van der Waals surface area contributed by atoms with Gasteiger partial charge in [-0.3, -0.25) is 4.79 Å². The summed E-state index contributed by atoms with van der Waals surface area (Å²) in [5.74, 6) is 0.802. The number of amides is 3. The molecule has 0 spiro atoms. The zero-order valence-electron chi connectivity index (χ0n) is 15.7. The second kappa shape index (κ2) is 7.28. The van der Waals surface area contributed by atoms with E-state index >= 15 is 0 Å². The van der Waals surface area contributed by atoms with Crippen molar-refractivity contribution in [2.75, 3.05) is 39.4 Å². The second-order valence-corrected chi connectivity index (χ2v) is 8.60. The van der Waals surface area contributed by atoms with Gasteiger partial charge >= 0.3 is 6.03 Å². The van der Waals surface area contributed by atoms with Crippen LogP contribution in [0.15, 0.2) is 12.3 Å². The van der Waals surface area contributed by atoms with Crippen molar-refractivity contribution in [3.8, 4) is 5.88 Å². The molecule has 8 nitrogen and oxygen atoms in total. The first-order chi connectivity index (χ1) is 14.0. The van der Waals surface area contributed by atoms with E-state index in [2.05, 4.69) is 10.3 Å². The zero-order chi connectivity index (χ0) is 20.1. The lowest BCUT2D eigenvalue weighted by Crippen LogP contribution is -2.62. The van der Waals surface area contributed by atoms with E-state index < -0.39 is 5.82 Å². The number of carbonyl (C=O) groups excluding carboxylic acids is 2. The van der Waals surface area contributed by atoms with Crippen LogP contribution in [0.2, 0.25) is 5.02 Å². The summed E-state index contributed by atoms with van der Waals surface area (Å²) in [6.07, 6.45) is 1.81. The summed E-state index contributed by atoms with van der Waals surface area (Å²) in [5.41, 5.74) is 0. The Hall–Kier alpha value is -2.13. The van der Waals surface area contributed by atoms with E-state index in [-0.39, 0.29) is 41.6 Å². The van der Waals surface area contributed by atoms with Crippen molar-refractivity contribution >= 4 is 23.5 Å². The molecule has 5 atom stereocenters. The number of morpholine rings is 1. The van der Waals surface area contributed by atoms with Gasteiger partial charge in [-0.2, -0.15) is 0 Å². The van der Waals surface area contributed by atoms with Gasteiger partial charge in [-0.1, -0.05) is 11.6 Å². The smallest absolute Gasteiger partial charge is 0.320 e. The van der Waals surface area contributed by atoms with Gasteiger partial charge in [0.05, 0.1) is 24.9 Å². The first-order valence-electron chi connectivity index (χ1n) is 9.88. The lowest BCUT2D eigenvalue weighted by Gasteiger charge is -2.42. The molecule has 1 aromatic rings. The summed E-state index contributed by atoms with van der Waals surface area (Å²) in [5, 5.41) is 3.09. The average Bonchev–Trinajstić information content (AvgIpc) is 3.15. The number of halogens is 2. The number of ether oxygens (including phenoxy) is 2. The molecule has 4 heterocycles. The quantitative estimate of drug-likeness (QED) is 0.786. The van der Waals surface area contributed by atoms with Crippen molar-refractivity contribution < 1.29 is 23.5 Å². The highest BCUT2D eigenvalue weighted by molar-refractivity contribution is 6.31. The third-order valence-corrected chi connectivity index (χ3v) is 6.69. The third kappa shape index (κ3) is 3.61. The predicted molar refractivity (Wildman–Crippen MR) is 100.0 cm³/mol. The number of urea groups is 1. The molecule has 4 aliphatic rings. The van der Waals surface area contributed by atoms with Crippen molar-refractivity contribution in [2.24, 2.45) is 17.8 Å². The van der Waals surface area contributed by atoms with Gasteiger partial charge in [0, 0.05) is 32.1 Å². The second-order valence-electron chi connectivity index (χ2n) is 8.19. The number of likely N-dealkylation sites (tertiary alicyclic amines) is 2. The Morgan fingerprint density at radius 3 is 2.90 bits per heavy atom. The summed E-state index contributed by atoms with van der Waals surface area (Å²) in [7, 11) is 0. The Morgan fingerprint density at radius 1 is 1.34 bits per heavy atom. The van der Waals surface area contributed by atoms with Crippen LogP contribution in [0, 0.1) is 23.6 Å². The minimum Gasteiger partial charge on any atom is -0.476 e. The van der Waals surface area contributed by atoms with Gasteiger partial charge in [-0.05, 0) is 24.3 Å². The van der Waals surface area contributed by atoms with Gasteiger partial charge in [0.1, 0.15) is 17.4 Å². The molecule has 0 unspecified atom stereocenters. The predicted octanol–water partition coefficient (Wildman–Crippen LogP) is 1.14. The number of pyridine rings is 1. The molecule has 10 heteroatoms. The first kappa shape index (κ1) is 18.9. The largest absolute Gasteiger partial charge is 0.476 e. The molecule has 4 fully saturated rings. The maximum atomic E-state index is 13.1.